The van der Waals surface area contributed by atoms with Crippen molar-refractivity contribution in [1.82, 2.24) is 4.57 Å². The summed E-state index contributed by atoms with van der Waals surface area (Å²) in [6, 6.07) is 87.9. The molecule has 0 spiro atoms. The van der Waals surface area contributed by atoms with Gasteiger partial charge in [-0.25, -0.2) is 0 Å². The lowest BCUT2D eigenvalue weighted by Crippen LogP contribution is -2.09. The normalized spacial score (nSPS) is 11.7. The maximum atomic E-state index is 6.42. The van der Waals surface area contributed by atoms with Crippen LogP contribution in [0, 0.1) is 0 Å². The van der Waals surface area contributed by atoms with Crippen molar-refractivity contribution in [2.45, 2.75) is 0 Å². The quantitative estimate of drug-likeness (QED) is 0.160. The minimum absolute atomic E-state index is 0.889. The van der Waals surface area contributed by atoms with Crippen molar-refractivity contribution in [1.29, 1.82) is 0 Å². The fourth-order valence-corrected chi connectivity index (χ4v) is 9.93. The summed E-state index contributed by atoms with van der Waals surface area (Å²) in [6.45, 7) is 0. The average molecular weight is 829 g/mol. The van der Waals surface area contributed by atoms with Crippen LogP contribution < -0.4 is 4.90 Å². The van der Waals surface area contributed by atoms with Crippen molar-refractivity contribution in [3.8, 4) is 39.1 Å². The minimum Gasteiger partial charge on any atom is -0.456 e. The van der Waals surface area contributed by atoms with Crippen LogP contribution in [0.25, 0.3) is 104 Å². The molecule has 0 atom stereocenters. The molecule has 3 nitrogen and oxygen atoms in total. The van der Waals surface area contributed by atoms with Gasteiger partial charge in [-0.3, -0.25) is 0 Å². The Morgan fingerprint density at radius 1 is 0.277 bits per heavy atom. The molecule has 2 aromatic heterocycles. The zero-order valence-electron chi connectivity index (χ0n) is 35.4. The Hall–Kier alpha value is -8.66. The fraction of sp³-hybridized carbons (Fsp3) is 0. The van der Waals surface area contributed by atoms with Gasteiger partial charge in [0.2, 0.25) is 0 Å². The van der Waals surface area contributed by atoms with Crippen LogP contribution in [0.3, 0.4) is 0 Å². The molecule has 2 heterocycles. The number of furan rings is 1. The van der Waals surface area contributed by atoms with Gasteiger partial charge < -0.3 is 13.9 Å². The van der Waals surface area contributed by atoms with Crippen LogP contribution >= 0.6 is 0 Å². The highest BCUT2D eigenvalue weighted by molar-refractivity contribution is 6.11. The Labute approximate surface area is 376 Å². The van der Waals surface area contributed by atoms with Gasteiger partial charge in [-0.2, -0.15) is 0 Å². The Balaban J connectivity index is 0.954. The summed E-state index contributed by atoms with van der Waals surface area (Å²) in [6.07, 6.45) is 0. The largest absolute Gasteiger partial charge is 0.456 e. The zero-order valence-corrected chi connectivity index (χ0v) is 35.4. The number of hydrogen-bond acceptors (Lipinski definition) is 2. The first kappa shape index (κ1) is 36.9. The molecule has 0 N–H and O–H groups in total. The zero-order chi connectivity index (χ0) is 42.8. The summed E-state index contributed by atoms with van der Waals surface area (Å²) in [5, 5.41) is 9.54. The third-order valence-corrected chi connectivity index (χ3v) is 13.1. The molecule has 0 amide bonds. The van der Waals surface area contributed by atoms with Crippen LogP contribution in [-0.4, -0.2) is 4.57 Å². The number of rotatable bonds is 7. The van der Waals surface area contributed by atoms with E-state index in [4.69, 9.17) is 4.42 Å². The summed E-state index contributed by atoms with van der Waals surface area (Å²) < 4.78 is 8.79. The molecule has 11 aromatic carbocycles. The van der Waals surface area contributed by atoms with Gasteiger partial charge in [-0.15, -0.1) is 0 Å². The predicted molar refractivity (Wildman–Crippen MR) is 274 cm³/mol. The fourth-order valence-electron chi connectivity index (χ4n) is 9.93. The molecular formula is C62H40N2O. The Morgan fingerprint density at radius 3 is 1.58 bits per heavy atom. The van der Waals surface area contributed by atoms with Gasteiger partial charge >= 0.3 is 0 Å². The third kappa shape index (κ3) is 6.36. The van der Waals surface area contributed by atoms with E-state index in [0.29, 0.717) is 0 Å². The maximum Gasteiger partial charge on any atom is 0.136 e. The van der Waals surface area contributed by atoms with Crippen LogP contribution in [0.1, 0.15) is 0 Å². The van der Waals surface area contributed by atoms with E-state index in [1.54, 1.807) is 0 Å². The van der Waals surface area contributed by atoms with Crippen molar-refractivity contribution < 1.29 is 4.42 Å². The van der Waals surface area contributed by atoms with Crippen molar-refractivity contribution in [2.24, 2.45) is 0 Å². The monoisotopic (exact) mass is 828 g/mol. The van der Waals surface area contributed by atoms with Crippen LogP contribution in [-0.2, 0) is 0 Å². The number of nitrogens with zero attached hydrogens (tertiary/aromatic N) is 2. The molecule has 13 rings (SSSR count). The molecule has 65 heavy (non-hydrogen) atoms. The molecule has 0 aliphatic rings. The second-order valence-corrected chi connectivity index (χ2v) is 17.0. The Bertz CT molecular complexity index is 3950. The molecular weight excluding hydrogens is 789 g/mol. The molecule has 0 aliphatic carbocycles. The minimum atomic E-state index is 0.889. The highest BCUT2D eigenvalue weighted by Crippen LogP contribution is 2.41. The number of benzene rings is 11. The molecule has 0 saturated heterocycles. The highest BCUT2D eigenvalue weighted by atomic mass is 16.3. The van der Waals surface area contributed by atoms with Crippen molar-refractivity contribution in [3.63, 3.8) is 0 Å². The van der Waals surface area contributed by atoms with Gasteiger partial charge in [0.1, 0.15) is 11.2 Å². The van der Waals surface area contributed by atoms with Crippen LogP contribution in [0.4, 0.5) is 17.1 Å². The van der Waals surface area contributed by atoms with E-state index in [2.05, 4.69) is 240 Å². The number of fused-ring (bicyclic) bond motifs is 8. The van der Waals surface area contributed by atoms with E-state index in [-0.39, 0.29) is 0 Å². The van der Waals surface area contributed by atoms with Gasteiger partial charge in [0.15, 0.2) is 0 Å². The summed E-state index contributed by atoms with van der Waals surface area (Å²) >= 11 is 0. The summed E-state index contributed by atoms with van der Waals surface area (Å²) in [5.74, 6) is 0. The lowest BCUT2D eigenvalue weighted by molar-refractivity contribution is 0.669. The Kier molecular flexibility index (Phi) is 8.53. The Morgan fingerprint density at radius 2 is 0.800 bits per heavy atom. The molecule has 13 aromatic rings. The molecule has 304 valence electrons. The number of aromatic nitrogens is 1. The van der Waals surface area contributed by atoms with Crippen LogP contribution in [0.15, 0.2) is 247 Å². The van der Waals surface area contributed by atoms with Gasteiger partial charge in [0.05, 0.1) is 11.0 Å². The third-order valence-electron chi connectivity index (χ3n) is 13.1. The smallest absolute Gasteiger partial charge is 0.136 e. The van der Waals surface area contributed by atoms with E-state index in [9.17, 15) is 0 Å². The molecule has 0 radical (unpaired) electrons. The summed E-state index contributed by atoms with van der Waals surface area (Å²) in [7, 11) is 0. The molecule has 0 unspecified atom stereocenters. The van der Waals surface area contributed by atoms with Crippen LogP contribution in [0.2, 0.25) is 0 Å². The number of anilines is 3. The lowest BCUT2D eigenvalue weighted by atomic mass is 9.91. The molecule has 0 fully saturated rings. The molecule has 3 heteroatoms. The number of para-hydroxylation sites is 4. The summed E-state index contributed by atoms with van der Waals surface area (Å²) in [5.41, 5.74) is 15.6. The standard InChI is InChI=1S/C62H40N2O/c1-3-15-51(16-4-1)63(53-29-25-41-13-7-8-14-42(41)37-53)54-30-26-43-33-44(23-24-45(43)38-54)48-34-49(36-50(35-48)47-27-31-57-56-20-10-12-22-61(56)65-62(57)40-47)46-28-32-60-58(39-46)55-19-9-11-21-59(55)64(60)52-17-5-2-6-18-52/h1-40H. The molecule has 0 bridgehead atoms. The van der Waals surface area contributed by atoms with Crippen molar-refractivity contribution >= 4 is 82.4 Å². The first-order chi connectivity index (χ1) is 32.2. The van der Waals surface area contributed by atoms with E-state index in [1.807, 2.05) is 12.1 Å². The van der Waals surface area contributed by atoms with E-state index < -0.39 is 0 Å². The van der Waals surface area contributed by atoms with Gasteiger partial charge in [-0.1, -0.05) is 133 Å². The van der Waals surface area contributed by atoms with E-state index >= 15 is 0 Å². The van der Waals surface area contributed by atoms with Crippen LogP contribution in [0.5, 0.6) is 0 Å². The van der Waals surface area contributed by atoms with E-state index in [0.717, 1.165) is 72.5 Å². The summed E-state index contributed by atoms with van der Waals surface area (Å²) in [4.78, 5) is 2.35. The van der Waals surface area contributed by atoms with Crippen molar-refractivity contribution in [3.05, 3.63) is 243 Å². The number of hydrogen-bond donors (Lipinski definition) is 0. The predicted octanol–water partition coefficient (Wildman–Crippen LogP) is 17.5. The highest BCUT2D eigenvalue weighted by Gasteiger charge is 2.17. The van der Waals surface area contributed by atoms with Crippen molar-refractivity contribution in [2.75, 3.05) is 4.90 Å². The lowest BCUT2D eigenvalue weighted by Gasteiger charge is -2.26. The van der Waals surface area contributed by atoms with Gasteiger partial charge in [0, 0.05) is 44.3 Å². The first-order valence-electron chi connectivity index (χ1n) is 22.2. The van der Waals surface area contributed by atoms with E-state index in [1.165, 1.54) is 48.9 Å². The van der Waals surface area contributed by atoms with Gasteiger partial charge in [-0.05, 0) is 164 Å². The average Bonchev–Trinajstić information content (AvgIpc) is 3.92. The second-order valence-electron chi connectivity index (χ2n) is 17.0. The maximum absolute atomic E-state index is 6.42. The van der Waals surface area contributed by atoms with Gasteiger partial charge in [0.25, 0.3) is 0 Å². The first-order valence-corrected chi connectivity index (χ1v) is 22.2. The molecule has 0 aliphatic heterocycles. The topological polar surface area (TPSA) is 21.3 Å². The molecule has 0 saturated carbocycles. The second kappa shape index (κ2) is 15.0. The SMILES string of the molecule is c1ccc(N(c2ccc3ccccc3c2)c2ccc3cc(-c4cc(-c5ccc6c(c5)oc5ccccc56)cc(-c5ccc6c(c5)c5ccccc5n6-c5ccccc5)c4)ccc3c2)cc1.